The van der Waals surface area contributed by atoms with Gasteiger partial charge in [0.2, 0.25) is 0 Å². The van der Waals surface area contributed by atoms with Gasteiger partial charge in [0, 0.05) is 6.54 Å². The van der Waals surface area contributed by atoms with E-state index >= 15 is 0 Å². The Kier molecular flexibility index (Phi) is 6.46. The summed E-state index contributed by atoms with van der Waals surface area (Å²) in [7, 11) is 0. The third kappa shape index (κ3) is 4.87. The van der Waals surface area contributed by atoms with Crippen molar-refractivity contribution in [1.29, 1.82) is 0 Å². The van der Waals surface area contributed by atoms with Crippen LogP contribution in [0.15, 0.2) is 0 Å². The van der Waals surface area contributed by atoms with E-state index in [2.05, 4.69) is 12.2 Å². The van der Waals surface area contributed by atoms with Crippen LogP contribution in [0.25, 0.3) is 0 Å². The highest BCUT2D eigenvalue weighted by Gasteiger charge is 2.25. The molecule has 0 amide bonds. The summed E-state index contributed by atoms with van der Waals surface area (Å²) < 4.78 is 12.1. The fourth-order valence-corrected chi connectivity index (χ4v) is 3.01. The van der Waals surface area contributed by atoms with Crippen molar-refractivity contribution in [2.45, 2.75) is 76.6 Å². The predicted octanol–water partition coefficient (Wildman–Crippen LogP) is 2.88. The third-order valence-electron chi connectivity index (χ3n) is 4.14. The first-order chi connectivity index (χ1) is 8.88. The minimum atomic E-state index is 0.344. The van der Waals surface area contributed by atoms with Crippen molar-refractivity contribution in [1.82, 2.24) is 5.32 Å². The molecule has 0 aromatic carbocycles. The van der Waals surface area contributed by atoms with Gasteiger partial charge in [-0.1, -0.05) is 32.6 Å². The molecule has 0 radical (unpaired) electrons. The van der Waals surface area contributed by atoms with Gasteiger partial charge in [0.05, 0.1) is 24.9 Å². The molecule has 0 spiro atoms. The van der Waals surface area contributed by atoms with Gasteiger partial charge in [-0.05, 0) is 32.2 Å². The predicted molar refractivity (Wildman–Crippen MR) is 73.9 cm³/mol. The zero-order valence-corrected chi connectivity index (χ0v) is 11.8. The van der Waals surface area contributed by atoms with Crippen LogP contribution in [0.5, 0.6) is 0 Å². The number of hydrogen-bond acceptors (Lipinski definition) is 3. The molecular formula is C15H29NO2. The minimum absolute atomic E-state index is 0.344. The molecule has 2 fully saturated rings. The summed E-state index contributed by atoms with van der Waals surface area (Å²) in [6.07, 6.45) is 11.6. The Labute approximate surface area is 112 Å². The molecule has 2 rings (SSSR count). The molecule has 0 aromatic heterocycles. The highest BCUT2D eigenvalue weighted by Crippen LogP contribution is 2.23. The van der Waals surface area contributed by atoms with Gasteiger partial charge in [-0.15, -0.1) is 0 Å². The summed E-state index contributed by atoms with van der Waals surface area (Å²) >= 11 is 0. The standard InChI is InChI=1S/C15H29NO2/c1-2-16-11-14-9-10-15(18-14)12-17-13-7-5-3-4-6-8-13/h13-16H,2-12H2,1H3. The number of nitrogens with one attached hydrogen (secondary N) is 1. The second-order valence-electron chi connectivity index (χ2n) is 5.71. The molecule has 2 atom stereocenters. The Morgan fingerprint density at radius 3 is 2.44 bits per heavy atom. The highest BCUT2D eigenvalue weighted by atomic mass is 16.5. The number of ether oxygens (including phenoxy) is 2. The van der Waals surface area contributed by atoms with Gasteiger partial charge in [-0.25, -0.2) is 0 Å². The molecule has 2 unspecified atom stereocenters. The van der Waals surface area contributed by atoms with Crippen molar-refractivity contribution in [2.24, 2.45) is 0 Å². The van der Waals surface area contributed by atoms with Crippen molar-refractivity contribution in [3.8, 4) is 0 Å². The van der Waals surface area contributed by atoms with Gasteiger partial charge < -0.3 is 14.8 Å². The Bertz CT molecular complexity index is 215. The lowest BCUT2D eigenvalue weighted by Gasteiger charge is -2.19. The molecule has 2 aliphatic rings. The summed E-state index contributed by atoms with van der Waals surface area (Å²) in [5.74, 6) is 0. The molecule has 3 nitrogen and oxygen atoms in total. The van der Waals surface area contributed by atoms with E-state index in [1.165, 1.54) is 51.4 Å². The third-order valence-corrected chi connectivity index (χ3v) is 4.14. The molecule has 1 saturated carbocycles. The molecule has 1 heterocycles. The molecular weight excluding hydrogens is 226 g/mol. The fourth-order valence-electron chi connectivity index (χ4n) is 3.01. The molecule has 1 aliphatic carbocycles. The van der Waals surface area contributed by atoms with Crippen molar-refractivity contribution < 1.29 is 9.47 Å². The molecule has 1 aliphatic heterocycles. The van der Waals surface area contributed by atoms with Crippen LogP contribution in [0.2, 0.25) is 0 Å². The molecule has 1 saturated heterocycles. The maximum atomic E-state index is 6.05. The van der Waals surface area contributed by atoms with E-state index in [0.717, 1.165) is 19.7 Å². The first kappa shape index (κ1) is 14.3. The lowest BCUT2D eigenvalue weighted by atomic mass is 10.1. The maximum absolute atomic E-state index is 6.05. The summed E-state index contributed by atoms with van der Waals surface area (Å²) in [6, 6.07) is 0. The van der Waals surface area contributed by atoms with E-state index in [0.29, 0.717) is 18.3 Å². The Balaban J connectivity index is 1.59. The van der Waals surface area contributed by atoms with Crippen LogP contribution in [0.4, 0.5) is 0 Å². The van der Waals surface area contributed by atoms with Crippen LogP contribution in [-0.2, 0) is 9.47 Å². The SMILES string of the molecule is CCNCC1CCC(COC2CCCCCC2)O1. The van der Waals surface area contributed by atoms with Crippen LogP contribution in [0.3, 0.4) is 0 Å². The van der Waals surface area contributed by atoms with Gasteiger partial charge >= 0.3 is 0 Å². The second-order valence-corrected chi connectivity index (χ2v) is 5.71. The summed E-state index contributed by atoms with van der Waals surface area (Å²) in [6.45, 7) is 4.98. The Morgan fingerprint density at radius 2 is 1.72 bits per heavy atom. The number of likely N-dealkylation sites (N-methyl/N-ethyl adjacent to an activating group) is 1. The van der Waals surface area contributed by atoms with Gasteiger partial charge in [-0.3, -0.25) is 0 Å². The van der Waals surface area contributed by atoms with Crippen molar-refractivity contribution in [3.05, 3.63) is 0 Å². The molecule has 0 bridgehead atoms. The van der Waals surface area contributed by atoms with Gasteiger partial charge in [-0.2, -0.15) is 0 Å². The lowest BCUT2D eigenvalue weighted by molar-refractivity contribution is -0.0443. The zero-order valence-electron chi connectivity index (χ0n) is 11.8. The van der Waals surface area contributed by atoms with Crippen molar-refractivity contribution >= 4 is 0 Å². The van der Waals surface area contributed by atoms with Gasteiger partial charge in [0.1, 0.15) is 0 Å². The van der Waals surface area contributed by atoms with E-state index in [1.54, 1.807) is 0 Å². The largest absolute Gasteiger partial charge is 0.376 e. The first-order valence-electron chi connectivity index (χ1n) is 7.86. The molecule has 1 N–H and O–H groups in total. The minimum Gasteiger partial charge on any atom is -0.376 e. The van der Waals surface area contributed by atoms with E-state index in [-0.39, 0.29) is 0 Å². The number of hydrogen-bond donors (Lipinski definition) is 1. The van der Waals surface area contributed by atoms with Crippen LogP contribution in [-0.4, -0.2) is 38.0 Å². The maximum Gasteiger partial charge on any atom is 0.0814 e. The summed E-state index contributed by atoms with van der Waals surface area (Å²) in [5, 5.41) is 3.36. The fraction of sp³-hybridized carbons (Fsp3) is 1.00. The molecule has 18 heavy (non-hydrogen) atoms. The molecule has 3 heteroatoms. The van der Waals surface area contributed by atoms with Crippen LogP contribution >= 0.6 is 0 Å². The second kappa shape index (κ2) is 8.13. The quantitative estimate of drug-likeness (QED) is 0.740. The van der Waals surface area contributed by atoms with Crippen LogP contribution in [0.1, 0.15) is 58.3 Å². The molecule has 0 aromatic rings. The van der Waals surface area contributed by atoms with Gasteiger partial charge in [0.15, 0.2) is 0 Å². The smallest absolute Gasteiger partial charge is 0.0814 e. The number of rotatable bonds is 6. The highest BCUT2D eigenvalue weighted by molar-refractivity contribution is 4.75. The van der Waals surface area contributed by atoms with Crippen molar-refractivity contribution in [3.63, 3.8) is 0 Å². The topological polar surface area (TPSA) is 30.5 Å². The van der Waals surface area contributed by atoms with Crippen LogP contribution < -0.4 is 5.32 Å². The van der Waals surface area contributed by atoms with E-state index < -0.39 is 0 Å². The average molecular weight is 255 g/mol. The van der Waals surface area contributed by atoms with Crippen LogP contribution in [0, 0.1) is 0 Å². The molecule has 106 valence electrons. The Morgan fingerprint density at radius 1 is 1.00 bits per heavy atom. The Hall–Kier alpha value is -0.120. The zero-order chi connectivity index (χ0) is 12.6. The summed E-state index contributed by atoms with van der Waals surface area (Å²) in [4.78, 5) is 0. The average Bonchev–Trinajstić information content (AvgIpc) is 2.68. The summed E-state index contributed by atoms with van der Waals surface area (Å²) in [5.41, 5.74) is 0. The normalized spacial score (nSPS) is 30.5. The monoisotopic (exact) mass is 255 g/mol. The van der Waals surface area contributed by atoms with Gasteiger partial charge in [0.25, 0.3) is 0 Å². The van der Waals surface area contributed by atoms with E-state index in [4.69, 9.17) is 9.47 Å². The lowest BCUT2D eigenvalue weighted by Crippen LogP contribution is -2.28. The van der Waals surface area contributed by atoms with Crippen molar-refractivity contribution in [2.75, 3.05) is 19.7 Å². The van der Waals surface area contributed by atoms with E-state index in [1.807, 2.05) is 0 Å². The van der Waals surface area contributed by atoms with E-state index in [9.17, 15) is 0 Å². The first-order valence-corrected chi connectivity index (χ1v) is 7.86.